The fourth-order valence-electron chi connectivity index (χ4n) is 1.25. The first-order chi connectivity index (χ1) is 7.40. The molecule has 0 saturated carbocycles. The van der Waals surface area contributed by atoms with E-state index in [4.69, 9.17) is 21.5 Å². The second kappa shape index (κ2) is 4.90. The maximum absolute atomic E-state index is 12.6. The van der Waals surface area contributed by atoms with E-state index in [-0.39, 0.29) is 22.9 Å². The average molecular weight is 256 g/mol. The Labute approximate surface area is 94.7 Å². The molecule has 0 amide bonds. The molecule has 0 radical (unpaired) electrons. The first-order valence-electron chi connectivity index (χ1n) is 4.20. The SMILES string of the molecule is COc1cc(C(F)(F)F)c(CNO)cc1Cl. The van der Waals surface area contributed by atoms with Gasteiger partial charge in [-0.1, -0.05) is 11.6 Å². The molecule has 90 valence electrons. The molecule has 0 aliphatic rings. The number of hydrogen-bond acceptors (Lipinski definition) is 3. The third-order valence-corrected chi connectivity index (χ3v) is 2.25. The van der Waals surface area contributed by atoms with Crippen LogP contribution in [0.15, 0.2) is 12.1 Å². The van der Waals surface area contributed by atoms with Crippen molar-refractivity contribution in [2.75, 3.05) is 7.11 Å². The predicted octanol–water partition coefficient (Wildman–Crippen LogP) is 2.85. The van der Waals surface area contributed by atoms with Crippen LogP contribution in [0.4, 0.5) is 13.2 Å². The second-order valence-corrected chi connectivity index (χ2v) is 3.38. The van der Waals surface area contributed by atoms with Crippen LogP contribution in [-0.4, -0.2) is 12.3 Å². The van der Waals surface area contributed by atoms with Gasteiger partial charge in [-0.15, -0.1) is 0 Å². The van der Waals surface area contributed by atoms with Gasteiger partial charge < -0.3 is 9.94 Å². The molecule has 16 heavy (non-hydrogen) atoms. The molecule has 0 aliphatic heterocycles. The molecule has 7 heteroatoms. The lowest BCUT2D eigenvalue weighted by atomic mass is 10.1. The lowest BCUT2D eigenvalue weighted by Crippen LogP contribution is -2.15. The van der Waals surface area contributed by atoms with Crippen LogP contribution in [0.3, 0.4) is 0 Å². The number of benzene rings is 1. The maximum atomic E-state index is 12.6. The monoisotopic (exact) mass is 255 g/mol. The molecule has 0 heterocycles. The Hall–Kier alpha value is -0.980. The van der Waals surface area contributed by atoms with Gasteiger partial charge in [0.25, 0.3) is 0 Å². The van der Waals surface area contributed by atoms with Crippen LogP contribution >= 0.6 is 11.6 Å². The number of ether oxygens (including phenoxy) is 1. The fourth-order valence-corrected chi connectivity index (χ4v) is 1.51. The summed E-state index contributed by atoms with van der Waals surface area (Å²) in [5.41, 5.74) is 0.616. The van der Waals surface area contributed by atoms with Crippen LogP contribution in [0, 0.1) is 0 Å². The summed E-state index contributed by atoms with van der Waals surface area (Å²) in [6.45, 7) is -0.349. The van der Waals surface area contributed by atoms with Crippen molar-refractivity contribution in [2.45, 2.75) is 12.7 Å². The first kappa shape index (κ1) is 13.1. The minimum atomic E-state index is -4.52. The summed E-state index contributed by atoms with van der Waals surface area (Å²) in [5.74, 6) is -0.0596. The largest absolute Gasteiger partial charge is 0.495 e. The van der Waals surface area contributed by atoms with Crippen molar-refractivity contribution in [2.24, 2.45) is 0 Å². The Kier molecular flexibility index (Phi) is 4.01. The quantitative estimate of drug-likeness (QED) is 0.816. The van der Waals surface area contributed by atoms with Gasteiger partial charge in [-0.25, -0.2) is 5.48 Å². The van der Waals surface area contributed by atoms with E-state index >= 15 is 0 Å². The van der Waals surface area contributed by atoms with E-state index in [2.05, 4.69) is 0 Å². The summed E-state index contributed by atoms with van der Waals surface area (Å²) < 4.78 is 42.5. The molecule has 0 unspecified atom stereocenters. The van der Waals surface area contributed by atoms with E-state index in [1.165, 1.54) is 7.11 Å². The summed E-state index contributed by atoms with van der Waals surface area (Å²) in [6, 6.07) is 1.90. The zero-order valence-corrected chi connectivity index (χ0v) is 8.99. The Bertz CT molecular complexity index is 382. The van der Waals surface area contributed by atoms with E-state index < -0.39 is 11.7 Å². The topological polar surface area (TPSA) is 41.5 Å². The van der Waals surface area contributed by atoms with Crippen LogP contribution < -0.4 is 10.2 Å². The number of rotatable bonds is 3. The molecule has 1 rings (SSSR count). The molecule has 0 bridgehead atoms. The third-order valence-electron chi connectivity index (χ3n) is 1.95. The van der Waals surface area contributed by atoms with E-state index in [9.17, 15) is 13.2 Å². The minimum Gasteiger partial charge on any atom is -0.495 e. The standard InChI is InChI=1S/C9H9ClF3NO2/c1-16-8-3-6(9(11,12)13)5(4-14-15)2-7(8)10/h2-3,14-15H,4H2,1H3. The van der Waals surface area contributed by atoms with Crippen molar-refractivity contribution in [3.63, 3.8) is 0 Å². The molecule has 1 aromatic carbocycles. The molecule has 3 nitrogen and oxygen atoms in total. The number of hydroxylamine groups is 1. The highest BCUT2D eigenvalue weighted by molar-refractivity contribution is 6.32. The molecular weight excluding hydrogens is 247 g/mol. The molecule has 0 fully saturated rings. The van der Waals surface area contributed by atoms with Crippen molar-refractivity contribution < 1.29 is 23.1 Å². The van der Waals surface area contributed by atoms with Crippen LogP contribution in [0.5, 0.6) is 5.75 Å². The van der Waals surface area contributed by atoms with Gasteiger partial charge in [0.05, 0.1) is 17.7 Å². The van der Waals surface area contributed by atoms with Gasteiger partial charge >= 0.3 is 6.18 Å². The van der Waals surface area contributed by atoms with E-state index in [1.54, 1.807) is 5.48 Å². The van der Waals surface area contributed by atoms with Crippen molar-refractivity contribution in [1.82, 2.24) is 5.48 Å². The third kappa shape index (κ3) is 2.78. The van der Waals surface area contributed by atoms with Crippen LogP contribution in [0.1, 0.15) is 11.1 Å². The van der Waals surface area contributed by atoms with Crippen molar-refractivity contribution in [3.05, 3.63) is 28.3 Å². The summed E-state index contributed by atoms with van der Waals surface area (Å²) >= 11 is 5.69. The van der Waals surface area contributed by atoms with E-state index in [0.717, 1.165) is 12.1 Å². The first-order valence-corrected chi connectivity index (χ1v) is 4.58. The van der Waals surface area contributed by atoms with Gasteiger partial charge in [0.1, 0.15) is 5.75 Å². The Morgan fingerprint density at radius 2 is 2.06 bits per heavy atom. The molecule has 2 N–H and O–H groups in total. The summed E-state index contributed by atoms with van der Waals surface area (Å²) in [5, 5.41) is 8.49. The minimum absolute atomic E-state index is 0.0563. The van der Waals surface area contributed by atoms with E-state index in [0.29, 0.717) is 0 Å². The smallest absolute Gasteiger partial charge is 0.416 e. The normalized spacial score (nSPS) is 11.6. The molecular formula is C9H9ClF3NO2. The van der Waals surface area contributed by atoms with Gasteiger partial charge in [-0.3, -0.25) is 0 Å². The zero-order valence-electron chi connectivity index (χ0n) is 8.23. The Morgan fingerprint density at radius 3 is 2.50 bits per heavy atom. The van der Waals surface area contributed by atoms with Gasteiger partial charge in [0, 0.05) is 6.54 Å². The summed E-state index contributed by atoms with van der Waals surface area (Å²) in [7, 11) is 1.23. The lowest BCUT2D eigenvalue weighted by Gasteiger charge is -2.14. The molecule has 0 spiro atoms. The highest BCUT2D eigenvalue weighted by atomic mass is 35.5. The van der Waals surface area contributed by atoms with Gasteiger partial charge in [0.2, 0.25) is 0 Å². The van der Waals surface area contributed by atoms with Gasteiger partial charge in [-0.2, -0.15) is 13.2 Å². The fraction of sp³-hybridized carbons (Fsp3) is 0.333. The number of hydrogen-bond donors (Lipinski definition) is 2. The number of halogens is 4. The van der Waals surface area contributed by atoms with E-state index in [1.807, 2.05) is 0 Å². The highest BCUT2D eigenvalue weighted by Gasteiger charge is 2.34. The molecule has 1 aromatic rings. The van der Waals surface area contributed by atoms with Crippen molar-refractivity contribution in [1.29, 1.82) is 0 Å². The summed E-state index contributed by atoms with van der Waals surface area (Å²) in [6.07, 6.45) is -4.52. The predicted molar refractivity (Wildman–Crippen MR) is 51.6 cm³/mol. The molecule has 0 aromatic heterocycles. The molecule has 0 saturated heterocycles. The Morgan fingerprint density at radius 1 is 1.44 bits per heavy atom. The Balaban J connectivity index is 3.31. The van der Waals surface area contributed by atoms with Crippen LogP contribution in [0.25, 0.3) is 0 Å². The maximum Gasteiger partial charge on any atom is 0.416 e. The number of nitrogens with one attached hydrogen (secondary N) is 1. The lowest BCUT2D eigenvalue weighted by molar-refractivity contribution is -0.138. The second-order valence-electron chi connectivity index (χ2n) is 2.98. The molecule has 0 aliphatic carbocycles. The van der Waals surface area contributed by atoms with Crippen molar-refractivity contribution in [3.8, 4) is 5.75 Å². The zero-order chi connectivity index (χ0) is 12.3. The average Bonchev–Trinajstić information content (AvgIpc) is 2.16. The van der Waals surface area contributed by atoms with Crippen molar-refractivity contribution >= 4 is 11.6 Å². The summed E-state index contributed by atoms with van der Waals surface area (Å²) in [4.78, 5) is 0. The highest BCUT2D eigenvalue weighted by Crippen LogP contribution is 2.37. The molecule has 0 atom stereocenters. The number of methoxy groups -OCH3 is 1. The van der Waals surface area contributed by atoms with Gasteiger partial charge in [-0.05, 0) is 17.7 Å². The number of alkyl halides is 3. The van der Waals surface area contributed by atoms with Crippen LogP contribution in [-0.2, 0) is 12.7 Å². The van der Waals surface area contributed by atoms with Gasteiger partial charge in [0.15, 0.2) is 0 Å². The van der Waals surface area contributed by atoms with Crippen LogP contribution in [0.2, 0.25) is 5.02 Å².